The number of hydrogen-bond acceptors (Lipinski definition) is 4. The maximum absolute atomic E-state index is 12.7. The molecule has 0 aromatic heterocycles. The van der Waals surface area contributed by atoms with Crippen molar-refractivity contribution in [2.75, 3.05) is 33.9 Å². The number of piperidine rings is 1. The van der Waals surface area contributed by atoms with Crippen molar-refractivity contribution in [1.29, 1.82) is 0 Å². The number of halogens is 2. The molecule has 3 aromatic carbocycles. The molecule has 0 bridgehead atoms. The summed E-state index contributed by atoms with van der Waals surface area (Å²) in [6.07, 6.45) is 4.83. The number of carbonyl (C=O) groups is 1. The Morgan fingerprint density at radius 1 is 0.914 bits per heavy atom. The summed E-state index contributed by atoms with van der Waals surface area (Å²) >= 11 is 12.1. The van der Waals surface area contributed by atoms with E-state index in [4.69, 9.17) is 23.2 Å². The average Bonchev–Trinajstić information content (AvgIpc) is 2.82. The summed E-state index contributed by atoms with van der Waals surface area (Å²) < 4.78 is 26.1. The van der Waals surface area contributed by atoms with Crippen molar-refractivity contribution in [3.05, 3.63) is 87.9 Å². The van der Waals surface area contributed by atoms with Crippen molar-refractivity contribution in [2.24, 2.45) is 0 Å². The summed E-state index contributed by atoms with van der Waals surface area (Å²) in [4.78, 5) is 15.1. The van der Waals surface area contributed by atoms with Crippen LogP contribution in [0.5, 0.6) is 0 Å². The number of rotatable bonds is 7. The molecule has 1 fully saturated rings. The molecular weight excluding hydrogens is 505 g/mol. The Morgan fingerprint density at radius 2 is 1.51 bits per heavy atom. The highest BCUT2D eigenvalue weighted by Crippen LogP contribution is 2.28. The summed E-state index contributed by atoms with van der Waals surface area (Å²) in [5.41, 5.74) is 3.46. The smallest absolute Gasteiger partial charge is 0.255 e. The molecular formula is C26H27Cl2N3O3S. The Balaban J connectivity index is 1.43. The summed E-state index contributed by atoms with van der Waals surface area (Å²) in [5, 5.41) is 3.61. The maximum Gasteiger partial charge on any atom is 0.255 e. The molecule has 1 heterocycles. The van der Waals surface area contributed by atoms with Crippen LogP contribution in [0.15, 0.2) is 66.7 Å². The number of nitrogens with one attached hydrogen (secondary N) is 1. The Bertz CT molecular complexity index is 1270. The average molecular weight is 532 g/mol. The fraction of sp³-hybridized carbons (Fsp3) is 0.269. The predicted molar refractivity (Wildman–Crippen MR) is 144 cm³/mol. The van der Waals surface area contributed by atoms with Crippen LogP contribution in [-0.4, -0.2) is 33.7 Å². The standard InChI is InChI=1S/C26H27Cl2N3O3S/c1-35(33,34)31(25-16-21(27)15-22(28)17-25)18-19-5-7-20(8-6-19)26(32)29-23-9-11-24(12-10-23)30-13-3-2-4-14-30/h5-12,15-17H,2-4,13-14,18H2,1H3,(H,29,32). The van der Waals surface area contributed by atoms with Gasteiger partial charge in [0.1, 0.15) is 0 Å². The van der Waals surface area contributed by atoms with Crippen LogP contribution >= 0.6 is 23.2 Å². The fourth-order valence-electron chi connectivity index (χ4n) is 4.12. The molecule has 1 aliphatic heterocycles. The first-order valence-corrected chi connectivity index (χ1v) is 14.0. The molecule has 0 spiro atoms. The zero-order chi connectivity index (χ0) is 25.0. The van der Waals surface area contributed by atoms with E-state index in [0.29, 0.717) is 26.9 Å². The van der Waals surface area contributed by atoms with Gasteiger partial charge in [0.25, 0.3) is 5.91 Å². The summed E-state index contributed by atoms with van der Waals surface area (Å²) in [5.74, 6) is -0.233. The minimum absolute atomic E-state index is 0.0787. The number of anilines is 3. The van der Waals surface area contributed by atoms with Gasteiger partial charge >= 0.3 is 0 Å². The van der Waals surface area contributed by atoms with E-state index in [1.54, 1.807) is 42.5 Å². The summed E-state index contributed by atoms with van der Waals surface area (Å²) in [7, 11) is -3.60. The van der Waals surface area contributed by atoms with E-state index in [9.17, 15) is 13.2 Å². The van der Waals surface area contributed by atoms with E-state index < -0.39 is 10.0 Å². The lowest BCUT2D eigenvalue weighted by Crippen LogP contribution is -2.29. The van der Waals surface area contributed by atoms with Crippen LogP contribution < -0.4 is 14.5 Å². The van der Waals surface area contributed by atoms with Gasteiger partial charge in [-0.2, -0.15) is 0 Å². The van der Waals surface area contributed by atoms with Gasteiger partial charge in [0.05, 0.1) is 18.5 Å². The third-order valence-electron chi connectivity index (χ3n) is 5.92. The van der Waals surface area contributed by atoms with E-state index in [1.807, 2.05) is 24.3 Å². The number of amides is 1. The number of benzene rings is 3. The molecule has 1 saturated heterocycles. The van der Waals surface area contributed by atoms with E-state index in [-0.39, 0.29) is 12.5 Å². The van der Waals surface area contributed by atoms with Crippen molar-refractivity contribution >= 4 is 56.2 Å². The fourth-order valence-corrected chi connectivity index (χ4v) is 5.51. The molecule has 1 aliphatic rings. The molecule has 0 atom stereocenters. The Morgan fingerprint density at radius 3 is 2.09 bits per heavy atom. The normalized spacial score (nSPS) is 14.0. The summed E-state index contributed by atoms with van der Waals surface area (Å²) in [6, 6.07) is 19.4. The number of nitrogens with zero attached hydrogens (tertiary/aromatic N) is 2. The summed E-state index contributed by atoms with van der Waals surface area (Å²) in [6.45, 7) is 2.22. The lowest BCUT2D eigenvalue weighted by Gasteiger charge is -2.28. The highest BCUT2D eigenvalue weighted by atomic mass is 35.5. The number of sulfonamides is 1. The SMILES string of the molecule is CS(=O)(=O)N(Cc1ccc(C(=O)Nc2ccc(N3CCCCC3)cc2)cc1)c1cc(Cl)cc(Cl)c1. The second-order valence-corrected chi connectivity index (χ2v) is 11.4. The van der Waals surface area contributed by atoms with Crippen molar-refractivity contribution in [3.8, 4) is 0 Å². The molecule has 0 radical (unpaired) electrons. The van der Waals surface area contributed by atoms with Crippen LogP contribution in [0.2, 0.25) is 10.0 Å². The first-order valence-electron chi connectivity index (χ1n) is 11.4. The van der Waals surface area contributed by atoms with Gasteiger partial charge in [-0.3, -0.25) is 9.10 Å². The lowest BCUT2D eigenvalue weighted by atomic mass is 10.1. The third-order valence-corrected chi connectivity index (χ3v) is 7.50. The largest absolute Gasteiger partial charge is 0.372 e. The maximum atomic E-state index is 12.7. The van der Waals surface area contributed by atoms with Crippen molar-refractivity contribution in [2.45, 2.75) is 25.8 Å². The second-order valence-electron chi connectivity index (χ2n) is 8.64. The monoisotopic (exact) mass is 531 g/mol. The van der Waals surface area contributed by atoms with E-state index in [1.165, 1.54) is 29.3 Å². The van der Waals surface area contributed by atoms with Gasteiger partial charge < -0.3 is 10.2 Å². The van der Waals surface area contributed by atoms with Gasteiger partial charge in [0, 0.05) is 40.1 Å². The third kappa shape index (κ3) is 6.69. The lowest BCUT2D eigenvalue weighted by molar-refractivity contribution is 0.102. The number of carbonyl (C=O) groups excluding carboxylic acids is 1. The molecule has 184 valence electrons. The Labute approximate surface area is 216 Å². The molecule has 0 aliphatic carbocycles. The van der Waals surface area contributed by atoms with Gasteiger partial charge in [0.15, 0.2) is 0 Å². The van der Waals surface area contributed by atoms with Crippen LogP contribution in [0.3, 0.4) is 0 Å². The number of hydrogen-bond donors (Lipinski definition) is 1. The van der Waals surface area contributed by atoms with Gasteiger partial charge in [-0.05, 0) is 79.4 Å². The van der Waals surface area contributed by atoms with Crippen molar-refractivity contribution in [3.63, 3.8) is 0 Å². The van der Waals surface area contributed by atoms with Gasteiger partial charge in [-0.15, -0.1) is 0 Å². The Kier molecular flexibility index (Phi) is 7.89. The topological polar surface area (TPSA) is 69.7 Å². The van der Waals surface area contributed by atoms with Crippen LogP contribution in [-0.2, 0) is 16.6 Å². The van der Waals surface area contributed by atoms with Gasteiger partial charge in [-0.25, -0.2) is 8.42 Å². The van der Waals surface area contributed by atoms with Crippen LogP contribution in [0.25, 0.3) is 0 Å². The molecule has 9 heteroatoms. The highest BCUT2D eigenvalue weighted by Gasteiger charge is 2.19. The van der Waals surface area contributed by atoms with Crippen LogP contribution in [0, 0.1) is 0 Å². The zero-order valence-corrected chi connectivity index (χ0v) is 21.7. The minimum atomic E-state index is -3.60. The molecule has 1 N–H and O–H groups in total. The zero-order valence-electron chi connectivity index (χ0n) is 19.4. The molecule has 3 aromatic rings. The predicted octanol–water partition coefficient (Wildman–Crippen LogP) is 6.20. The quantitative estimate of drug-likeness (QED) is 0.393. The van der Waals surface area contributed by atoms with E-state index in [0.717, 1.165) is 25.0 Å². The van der Waals surface area contributed by atoms with Gasteiger partial charge in [0.2, 0.25) is 10.0 Å². The molecule has 1 amide bonds. The van der Waals surface area contributed by atoms with Crippen molar-refractivity contribution in [1.82, 2.24) is 0 Å². The van der Waals surface area contributed by atoms with Crippen molar-refractivity contribution < 1.29 is 13.2 Å². The Hall–Kier alpha value is -2.74. The van der Waals surface area contributed by atoms with Crippen LogP contribution in [0.4, 0.5) is 17.1 Å². The minimum Gasteiger partial charge on any atom is -0.372 e. The second kappa shape index (κ2) is 10.9. The highest BCUT2D eigenvalue weighted by molar-refractivity contribution is 7.92. The molecule has 4 rings (SSSR count). The van der Waals surface area contributed by atoms with E-state index in [2.05, 4.69) is 10.2 Å². The molecule has 0 unspecified atom stereocenters. The molecule has 0 saturated carbocycles. The molecule has 35 heavy (non-hydrogen) atoms. The van der Waals surface area contributed by atoms with E-state index >= 15 is 0 Å². The first-order chi connectivity index (χ1) is 16.7. The first kappa shape index (κ1) is 25.4. The molecule has 6 nitrogen and oxygen atoms in total. The van der Waals surface area contributed by atoms with Gasteiger partial charge in [-0.1, -0.05) is 35.3 Å². The van der Waals surface area contributed by atoms with Crippen LogP contribution in [0.1, 0.15) is 35.2 Å².